The van der Waals surface area contributed by atoms with E-state index >= 15 is 0 Å². The lowest BCUT2D eigenvalue weighted by Gasteiger charge is -2.11. The zero-order valence-corrected chi connectivity index (χ0v) is 9.85. The van der Waals surface area contributed by atoms with Gasteiger partial charge in [-0.3, -0.25) is 4.79 Å². The second-order valence-corrected chi connectivity index (χ2v) is 3.64. The van der Waals surface area contributed by atoms with E-state index in [0.29, 0.717) is 21.4 Å². The van der Waals surface area contributed by atoms with Gasteiger partial charge in [0.1, 0.15) is 12.4 Å². The van der Waals surface area contributed by atoms with Crippen LogP contribution in [0.3, 0.4) is 0 Å². The van der Waals surface area contributed by atoms with Crippen LogP contribution in [0.25, 0.3) is 0 Å². The van der Waals surface area contributed by atoms with E-state index in [1.54, 1.807) is 12.1 Å². The number of halogens is 2. The fraction of sp³-hybridized carbons (Fsp3) is 0.300. The van der Waals surface area contributed by atoms with Crippen molar-refractivity contribution in [3.8, 4) is 5.75 Å². The fourth-order valence-corrected chi connectivity index (χ4v) is 1.56. The molecule has 82 valence electrons. The standard InChI is InChI=1S/C10H10Cl2O3/c1-6(13)15-5-7-8(11)3-4-9(12)10(7)14-2/h3-4H,5H2,1-2H3. The SMILES string of the molecule is COc1c(Cl)ccc(Cl)c1COC(C)=O. The van der Waals surface area contributed by atoms with Gasteiger partial charge in [-0.2, -0.15) is 0 Å². The number of hydrogen-bond donors (Lipinski definition) is 0. The summed E-state index contributed by atoms with van der Waals surface area (Å²) < 4.78 is 9.93. The quantitative estimate of drug-likeness (QED) is 0.772. The second kappa shape index (κ2) is 5.24. The van der Waals surface area contributed by atoms with Crippen molar-refractivity contribution in [2.75, 3.05) is 7.11 Å². The molecule has 0 fully saturated rings. The third-order valence-corrected chi connectivity index (χ3v) is 2.43. The first-order valence-electron chi connectivity index (χ1n) is 4.20. The molecule has 0 aromatic heterocycles. The van der Waals surface area contributed by atoms with Crippen LogP contribution in [0.4, 0.5) is 0 Å². The van der Waals surface area contributed by atoms with Gasteiger partial charge in [0.05, 0.1) is 22.7 Å². The molecular formula is C10H10Cl2O3. The monoisotopic (exact) mass is 248 g/mol. The van der Waals surface area contributed by atoms with Gasteiger partial charge in [-0.05, 0) is 12.1 Å². The van der Waals surface area contributed by atoms with Crippen LogP contribution >= 0.6 is 23.2 Å². The molecule has 1 aromatic carbocycles. The summed E-state index contributed by atoms with van der Waals surface area (Å²) in [6.07, 6.45) is 0. The largest absolute Gasteiger partial charge is 0.495 e. The first-order chi connectivity index (χ1) is 7.06. The zero-order chi connectivity index (χ0) is 11.4. The molecule has 0 N–H and O–H groups in total. The molecule has 0 aliphatic rings. The highest BCUT2D eigenvalue weighted by Gasteiger charge is 2.13. The van der Waals surface area contributed by atoms with Crippen molar-refractivity contribution in [2.45, 2.75) is 13.5 Å². The molecule has 0 saturated carbocycles. The van der Waals surface area contributed by atoms with Crippen LogP contribution < -0.4 is 4.74 Å². The fourth-order valence-electron chi connectivity index (χ4n) is 1.10. The molecule has 0 unspecified atom stereocenters. The van der Waals surface area contributed by atoms with Crippen molar-refractivity contribution >= 4 is 29.2 Å². The van der Waals surface area contributed by atoms with E-state index in [2.05, 4.69) is 0 Å². The molecule has 5 heteroatoms. The van der Waals surface area contributed by atoms with Crippen molar-refractivity contribution in [3.63, 3.8) is 0 Å². The van der Waals surface area contributed by atoms with Gasteiger partial charge in [0.2, 0.25) is 0 Å². The van der Waals surface area contributed by atoms with E-state index in [-0.39, 0.29) is 12.6 Å². The summed E-state index contributed by atoms with van der Waals surface area (Å²) in [5.41, 5.74) is 0.571. The van der Waals surface area contributed by atoms with E-state index in [0.717, 1.165) is 0 Å². The molecule has 3 nitrogen and oxygen atoms in total. The van der Waals surface area contributed by atoms with Crippen LogP contribution in [0.5, 0.6) is 5.75 Å². The maximum absolute atomic E-state index is 10.7. The minimum Gasteiger partial charge on any atom is -0.495 e. The van der Waals surface area contributed by atoms with Gasteiger partial charge in [-0.1, -0.05) is 23.2 Å². The molecule has 0 aliphatic carbocycles. The zero-order valence-electron chi connectivity index (χ0n) is 8.34. The molecule has 15 heavy (non-hydrogen) atoms. The highest BCUT2D eigenvalue weighted by molar-refractivity contribution is 6.34. The Morgan fingerprint density at radius 2 is 1.93 bits per heavy atom. The maximum Gasteiger partial charge on any atom is 0.302 e. The number of methoxy groups -OCH3 is 1. The second-order valence-electron chi connectivity index (χ2n) is 2.82. The number of ether oxygens (including phenoxy) is 2. The molecule has 0 aliphatic heterocycles. The summed E-state index contributed by atoms with van der Waals surface area (Å²) in [6, 6.07) is 3.26. The Labute approximate surface area is 97.9 Å². The third kappa shape index (κ3) is 3.01. The lowest BCUT2D eigenvalue weighted by atomic mass is 10.2. The van der Waals surface area contributed by atoms with Crippen LogP contribution in [-0.2, 0) is 16.1 Å². The van der Waals surface area contributed by atoms with Gasteiger partial charge in [0.15, 0.2) is 0 Å². The summed E-state index contributed by atoms with van der Waals surface area (Å²) in [5, 5.41) is 0.890. The lowest BCUT2D eigenvalue weighted by Crippen LogP contribution is -2.02. The van der Waals surface area contributed by atoms with Crippen LogP contribution in [0.2, 0.25) is 10.0 Å². The summed E-state index contributed by atoms with van der Waals surface area (Å²) >= 11 is 11.8. The summed E-state index contributed by atoms with van der Waals surface area (Å²) in [5.74, 6) is 0.0542. The van der Waals surface area contributed by atoms with Crippen molar-refractivity contribution in [2.24, 2.45) is 0 Å². The van der Waals surface area contributed by atoms with Gasteiger partial charge in [-0.15, -0.1) is 0 Å². The van der Waals surface area contributed by atoms with Crippen LogP contribution in [0, 0.1) is 0 Å². The minimum absolute atomic E-state index is 0.0535. The molecular weight excluding hydrogens is 239 g/mol. The van der Waals surface area contributed by atoms with Crippen molar-refractivity contribution in [3.05, 3.63) is 27.7 Å². The first kappa shape index (κ1) is 12.1. The van der Waals surface area contributed by atoms with E-state index < -0.39 is 0 Å². The van der Waals surface area contributed by atoms with Gasteiger partial charge in [0, 0.05) is 6.92 Å². The molecule has 0 spiro atoms. The number of hydrogen-bond acceptors (Lipinski definition) is 3. The maximum atomic E-state index is 10.7. The molecule has 0 radical (unpaired) electrons. The van der Waals surface area contributed by atoms with Crippen molar-refractivity contribution < 1.29 is 14.3 Å². The number of carbonyl (C=O) groups is 1. The Kier molecular flexibility index (Phi) is 4.24. The number of esters is 1. The van der Waals surface area contributed by atoms with E-state index in [1.807, 2.05) is 0 Å². The highest BCUT2D eigenvalue weighted by atomic mass is 35.5. The van der Waals surface area contributed by atoms with Crippen molar-refractivity contribution in [1.82, 2.24) is 0 Å². The summed E-state index contributed by atoms with van der Waals surface area (Å²) in [4.78, 5) is 10.7. The molecule has 0 saturated heterocycles. The number of rotatable bonds is 3. The Balaban J connectivity index is 3.02. The summed E-state index contributed by atoms with van der Waals surface area (Å²) in [6.45, 7) is 1.38. The molecule has 1 rings (SSSR count). The Morgan fingerprint density at radius 3 is 2.47 bits per heavy atom. The summed E-state index contributed by atoms with van der Waals surface area (Å²) in [7, 11) is 1.48. The normalized spacial score (nSPS) is 9.87. The van der Waals surface area contributed by atoms with Crippen LogP contribution in [0.15, 0.2) is 12.1 Å². The van der Waals surface area contributed by atoms with Crippen LogP contribution in [0.1, 0.15) is 12.5 Å². The Hall–Kier alpha value is -0.930. The molecule has 0 amide bonds. The van der Waals surface area contributed by atoms with Gasteiger partial charge in [0.25, 0.3) is 0 Å². The number of benzene rings is 1. The van der Waals surface area contributed by atoms with E-state index in [4.69, 9.17) is 32.7 Å². The van der Waals surface area contributed by atoms with E-state index in [9.17, 15) is 4.79 Å². The van der Waals surface area contributed by atoms with Gasteiger partial charge < -0.3 is 9.47 Å². The van der Waals surface area contributed by atoms with Crippen LogP contribution in [-0.4, -0.2) is 13.1 Å². The molecule has 1 aromatic rings. The Bertz CT molecular complexity index is 377. The molecule has 0 atom stereocenters. The van der Waals surface area contributed by atoms with Crippen molar-refractivity contribution in [1.29, 1.82) is 0 Å². The van der Waals surface area contributed by atoms with E-state index in [1.165, 1.54) is 14.0 Å². The predicted molar refractivity (Wildman–Crippen MR) is 58.5 cm³/mol. The average Bonchev–Trinajstić information content (AvgIpc) is 2.19. The van der Waals surface area contributed by atoms with Gasteiger partial charge >= 0.3 is 5.97 Å². The minimum atomic E-state index is -0.381. The average molecular weight is 249 g/mol. The highest BCUT2D eigenvalue weighted by Crippen LogP contribution is 2.34. The first-order valence-corrected chi connectivity index (χ1v) is 4.96. The smallest absolute Gasteiger partial charge is 0.302 e. The molecule has 0 bridgehead atoms. The Morgan fingerprint density at radius 1 is 1.33 bits per heavy atom. The number of carbonyl (C=O) groups excluding carboxylic acids is 1. The predicted octanol–water partition coefficient (Wildman–Crippen LogP) is 3.07. The molecule has 0 heterocycles. The lowest BCUT2D eigenvalue weighted by molar-refractivity contribution is -0.142. The topological polar surface area (TPSA) is 35.5 Å². The van der Waals surface area contributed by atoms with Gasteiger partial charge in [-0.25, -0.2) is 0 Å². The third-order valence-electron chi connectivity index (χ3n) is 1.78.